The highest BCUT2D eigenvalue weighted by molar-refractivity contribution is 6.04. The normalized spacial score (nSPS) is 23.6. The first-order chi connectivity index (χ1) is 12.6. The van der Waals surface area contributed by atoms with Crippen LogP contribution in [0.4, 0.5) is 0 Å². The molecule has 26 heavy (non-hydrogen) atoms. The van der Waals surface area contributed by atoms with Gasteiger partial charge in [0.2, 0.25) is 0 Å². The molecule has 138 valence electrons. The van der Waals surface area contributed by atoms with E-state index in [2.05, 4.69) is 15.3 Å². The summed E-state index contributed by atoms with van der Waals surface area (Å²) in [6, 6.07) is 7.79. The Labute approximate surface area is 153 Å². The monoisotopic (exact) mass is 354 g/mol. The summed E-state index contributed by atoms with van der Waals surface area (Å²) in [7, 11) is 1.59. The fraction of sp³-hybridized carbons (Fsp3) is 0.550. The molecule has 0 spiro atoms. The third-order valence-corrected chi connectivity index (χ3v) is 5.93. The number of carbonyl (C=O) groups excluding carboxylic acids is 1. The van der Waals surface area contributed by atoms with Gasteiger partial charge in [0.15, 0.2) is 5.69 Å². The average Bonchev–Trinajstić information content (AvgIpc) is 2.69. The number of piperidine rings is 2. The Morgan fingerprint density at radius 3 is 2.77 bits per heavy atom. The van der Waals surface area contributed by atoms with Gasteiger partial charge < -0.3 is 10.2 Å². The number of hydrogen-bond donors (Lipinski definition) is 1. The lowest BCUT2D eigenvalue weighted by atomic mass is 9.83. The molecule has 3 heterocycles. The minimum absolute atomic E-state index is 0.178. The molecule has 6 nitrogen and oxygen atoms in total. The van der Waals surface area contributed by atoms with Gasteiger partial charge in [-0.15, -0.1) is 0 Å². The van der Waals surface area contributed by atoms with Crippen molar-refractivity contribution in [3.63, 3.8) is 0 Å². The fourth-order valence-corrected chi connectivity index (χ4v) is 4.59. The zero-order valence-corrected chi connectivity index (χ0v) is 15.3. The molecule has 0 unspecified atom stereocenters. The van der Waals surface area contributed by atoms with Crippen molar-refractivity contribution < 1.29 is 4.79 Å². The molecule has 4 rings (SSSR count). The first kappa shape index (κ1) is 17.2. The van der Waals surface area contributed by atoms with E-state index in [1.165, 1.54) is 49.9 Å². The van der Waals surface area contributed by atoms with Crippen LogP contribution in [-0.2, 0) is 7.05 Å². The maximum atomic E-state index is 12.8. The van der Waals surface area contributed by atoms with E-state index >= 15 is 0 Å². The Hall–Kier alpha value is -2.21. The predicted molar refractivity (Wildman–Crippen MR) is 101 cm³/mol. The maximum absolute atomic E-state index is 12.8. The van der Waals surface area contributed by atoms with Crippen molar-refractivity contribution in [2.45, 2.75) is 38.1 Å². The van der Waals surface area contributed by atoms with Gasteiger partial charge in [-0.2, -0.15) is 5.10 Å². The van der Waals surface area contributed by atoms with E-state index in [9.17, 15) is 9.59 Å². The molecule has 2 saturated heterocycles. The van der Waals surface area contributed by atoms with E-state index in [0.717, 1.165) is 0 Å². The van der Waals surface area contributed by atoms with Crippen LogP contribution >= 0.6 is 0 Å². The molecule has 6 heteroatoms. The quantitative estimate of drug-likeness (QED) is 0.915. The number of rotatable bonds is 3. The number of nitrogens with one attached hydrogen (secondary N) is 1. The topological polar surface area (TPSA) is 67.2 Å². The van der Waals surface area contributed by atoms with Gasteiger partial charge in [0.1, 0.15) is 0 Å². The summed E-state index contributed by atoms with van der Waals surface area (Å²) in [5, 5.41) is 8.48. The molecule has 2 fully saturated rings. The highest BCUT2D eigenvalue weighted by atomic mass is 16.2. The van der Waals surface area contributed by atoms with Crippen molar-refractivity contribution in [2.24, 2.45) is 13.0 Å². The first-order valence-corrected chi connectivity index (χ1v) is 9.63. The predicted octanol–water partition coefficient (Wildman–Crippen LogP) is 1.93. The highest BCUT2D eigenvalue weighted by Crippen LogP contribution is 2.30. The van der Waals surface area contributed by atoms with Crippen LogP contribution in [0.3, 0.4) is 0 Å². The van der Waals surface area contributed by atoms with E-state index < -0.39 is 0 Å². The third-order valence-electron chi connectivity index (χ3n) is 5.93. The molecule has 2 aliphatic heterocycles. The second-order valence-corrected chi connectivity index (χ2v) is 7.53. The Kier molecular flexibility index (Phi) is 4.76. The first-order valence-electron chi connectivity index (χ1n) is 9.63. The third kappa shape index (κ3) is 3.14. The molecular formula is C20H26N4O2. The van der Waals surface area contributed by atoms with Crippen molar-refractivity contribution in [1.82, 2.24) is 20.0 Å². The Bertz CT molecular complexity index is 874. The lowest BCUT2D eigenvalue weighted by Gasteiger charge is -2.44. The molecule has 2 aromatic rings. The molecule has 0 radical (unpaired) electrons. The Morgan fingerprint density at radius 1 is 1.15 bits per heavy atom. The smallest absolute Gasteiger partial charge is 0.274 e. The van der Waals surface area contributed by atoms with Gasteiger partial charge in [0.05, 0.1) is 5.39 Å². The minimum atomic E-state index is -0.190. The van der Waals surface area contributed by atoms with E-state index in [0.29, 0.717) is 35.0 Å². The zero-order chi connectivity index (χ0) is 18.1. The lowest BCUT2D eigenvalue weighted by Crippen LogP contribution is -2.51. The summed E-state index contributed by atoms with van der Waals surface area (Å²) in [6.45, 7) is 3.07. The van der Waals surface area contributed by atoms with Crippen molar-refractivity contribution in [3.05, 3.63) is 40.3 Å². The minimum Gasteiger partial charge on any atom is -0.350 e. The van der Waals surface area contributed by atoms with Gasteiger partial charge in [-0.25, -0.2) is 4.68 Å². The SMILES string of the molecule is Cn1nc(C(=O)NC[C@@H]2CCCN3CCCC[C@@H]23)c2ccccc2c1=O. The molecular weight excluding hydrogens is 328 g/mol. The van der Waals surface area contributed by atoms with Crippen LogP contribution in [0.5, 0.6) is 0 Å². The van der Waals surface area contributed by atoms with E-state index in [1.807, 2.05) is 12.1 Å². The number of carbonyl (C=O) groups is 1. The summed E-state index contributed by atoms with van der Waals surface area (Å²) >= 11 is 0. The van der Waals surface area contributed by atoms with Gasteiger partial charge in [-0.1, -0.05) is 24.6 Å². The average molecular weight is 354 g/mol. The zero-order valence-electron chi connectivity index (χ0n) is 15.3. The number of aryl methyl sites for hydroxylation is 1. The summed E-state index contributed by atoms with van der Waals surface area (Å²) in [5.41, 5.74) is 0.154. The molecule has 2 atom stereocenters. The fourth-order valence-electron chi connectivity index (χ4n) is 4.59. The van der Waals surface area contributed by atoms with Crippen LogP contribution in [0.1, 0.15) is 42.6 Å². The van der Waals surface area contributed by atoms with E-state index in [4.69, 9.17) is 0 Å². The lowest BCUT2D eigenvalue weighted by molar-refractivity contribution is 0.0575. The number of hydrogen-bond acceptors (Lipinski definition) is 4. The molecule has 0 aliphatic carbocycles. The summed E-state index contributed by atoms with van der Waals surface area (Å²) in [6.07, 6.45) is 6.20. The van der Waals surface area contributed by atoms with Crippen LogP contribution in [0.2, 0.25) is 0 Å². The van der Waals surface area contributed by atoms with Gasteiger partial charge >= 0.3 is 0 Å². The van der Waals surface area contributed by atoms with E-state index in [-0.39, 0.29) is 11.5 Å². The summed E-state index contributed by atoms with van der Waals surface area (Å²) in [4.78, 5) is 27.7. The molecule has 0 saturated carbocycles. The van der Waals surface area contributed by atoms with Gasteiger partial charge in [0, 0.05) is 25.0 Å². The molecule has 0 bridgehead atoms. The molecule has 1 aromatic heterocycles. The second kappa shape index (κ2) is 7.19. The molecule has 1 aromatic carbocycles. The van der Waals surface area contributed by atoms with Crippen LogP contribution < -0.4 is 10.9 Å². The van der Waals surface area contributed by atoms with Crippen LogP contribution in [0.15, 0.2) is 29.1 Å². The standard InChI is InChI=1S/C20H26N4O2/c1-23-20(26)16-9-3-2-8-15(16)18(22-23)19(25)21-13-14-7-6-12-24-11-5-4-10-17(14)24/h2-3,8-9,14,17H,4-7,10-13H2,1H3,(H,21,25)/t14-,17-/m0/s1. The van der Waals surface area contributed by atoms with Crippen LogP contribution in [-0.4, -0.2) is 46.3 Å². The number of aromatic nitrogens is 2. The van der Waals surface area contributed by atoms with Crippen molar-refractivity contribution in [1.29, 1.82) is 0 Å². The van der Waals surface area contributed by atoms with Gasteiger partial charge in [-0.05, 0) is 50.8 Å². The molecule has 2 aliphatic rings. The number of amides is 1. The maximum Gasteiger partial charge on any atom is 0.274 e. The number of benzene rings is 1. The number of fused-ring (bicyclic) bond motifs is 2. The van der Waals surface area contributed by atoms with Crippen molar-refractivity contribution in [2.75, 3.05) is 19.6 Å². The highest BCUT2D eigenvalue weighted by Gasteiger charge is 2.33. The van der Waals surface area contributed by atoms with E-state index in [1.54, 1.807) is 19.2 Å². The molecule has 1 amide bonds. The van der Waals surface area contributed by atoms with Crippen LogP contribution in [0.25, 0.3) is 10.8 Å². The summed E-state index contributed by atoms with van der Waals surface area (Å²) < 4.78 is 1.25. The molecule has 1 N–H and O–H groups in total. The Morgan fingerprint density at radius 2 is 1.92 bits per heavy atom. The number of nitrogens with zero attached hydrogens (tertiary/aromatic N) is 3. The largest absolute Gasteiger partial charge is 0.350 e. The second-order valence-electron chi connectivity index (χ2n) is 7.53. The summed E-state index contributed by atoms with van der Waals surface area (Å²) in [5.74, 6) is 0.316. The van der Waals surface area contributed by atoms with Crippen molar-refractivity contribution in [3.8, 4) is 0 Å². The van der Waals surface area contributed by atoms with Crippen molar-refractivity contribution >= 4 is 16.7 Å². The van der Waals surface area contributed by atoms with Gasteiger partial charge in [0.25, 0.3) is 11.5 Å². The Balaban J connectivity index is 1.53. The van der Waals surface area contributed by atoms with Crippen LogP contribution in [0, 0.1) is 5.92 Å². The van der Waals surface area contributed by atoms with Gasteiger partial charge in [-0.3, -0.25) is 9.59 Å².